The first kappa shape index (κ1) is 22.4. The summed E-state index contributed by atoms with van der Waals surface area (Å²) in [7, 11) is -0.126. The van der Waals surface area contributed by atoms with Crippen molar-refractivity contribution in [1.82, 2.24) is 0 Å². The molecule has 1 aromatic carbocycles. The molecule has 0 bridgehead atoms. The van der Waals surface area contributed by atoms with Crippen LogP contribution in [-0.2, 0) is 10.8 Å². The van der Waals surface area contributed by atoms with Crippen molar-refractivity contribution < 1.29 is 14.3 Å². The fourth-order valence-electron chi connectivity index (χ4n) is 6.78. The molecule has 7 atom stereocenters. The van der Waals surface area contributed by atoms with E-state index in [4.69, 9.17) is 9.16 Å². The Morgan fingerprint density at radius 1 is 1.20 bits per heavy atom. The minimum atomic E-state index is -1.88. The van der Waals surface area contributed by atoms with Gasteiger partial charge in [0.1, 0.15) is 5.75 Å². The molecule has 2 saturated carbocycles. The Balaban J connectivity index is 1.66. The number of aliphatic hydroxyl groups excluding tert-OH is 1. The molecule has 0 unspecified atom stereocenters. The fourth-order valence-corrected chi connectivity index (χ4v) is 8.21. The molecular weight excluding hydrogens is 388 g/mol. The summed E-state index contributed by atoms with van der Waals surface area (Å²) in [6.07, 6.45) is 4.17. The highest BCUT2D eigenvalue weighted by molar-refractivity contribution is 6.74. The quantitative estimate of drug-likeness (QED) is 0.584. The van der Waals surface area contributed by atoms with Gasteiger partial charge in [0.05, 0.1) is 19.3 Å². The molecule has 30 heavy (non-hydrogen) atoms. The normalized spacial score (nSPS) is 38.6. The molecule has 168 valence electrons. The summed E-state index contributed by atoms with van der Waals surface area (Å²) >= 11 is 0. The van der Waals surface area contributed by atoms with E-state index < -0.39 is 8.32 Å². The summed E-state index contributed by atoms with van der Waals surface area (Å²) < 4.78 is 12.5. The van der Waals surface area contributed by atoms with Crippen LogP contribution in [0.25, 0.3) is 0 Å². The summed E-state index contributed by atoms with van der Waals surface area (Å²) in [5, 5.41) is 11.6. The maximum Gasteiger partial charge on any atom is 0.192 e. The SMILES string of the molecule is COc1ccc2c(c1)C[C@@H](C)[C@H]1[C@H]3[C@H](O)C[C@H](O[Si](C)(C)C(C)(C)C)[C@@]3(C)CC[C@H]21. The molecule has 0 amide bonds. The molecule has 2 fully saturated rings. The predicted molar refractivity (Wildman–Crippen MR) is 126 cm³/mol. The smallest absolute Gasteiger partial charge is 0.192 e. The Morgan fingerprint density at radius 2 is 1.90 bits per heavy atom. The van der Waals surface area contributed by atoms with E-state index in [1.54, 1.807) is 7.11 Å². The van der Waals surface area contributed by atoms with Gasteiger partial charge in [-0.3, -0.25) is 0 Å². The minimum absolute atomic E-state index is 0.0777. The average Bonchev–Trinajstić information content (AvgIpc) is 2.90. The number of rotatable bonds is 3. The molecule has 3 aliphatic carbocycles. The highest BCUT2D eigenvalue weighted by Crippen LogP contribution is 2.63. The molecule has 0 spiro atoms. The third-order valence-corrected chi connectivity index (χ3v) is 13.9. The number of ether oxygens (including phenoxy) is 1. The van der Waals surface area contributed by atoms with E-state index in [2.05, 4.69) is 65.9 Å². The molecule has 0 radical (unpaired) electrons. The van der Waals surface area contributed by atoms with Crippen LogP contribution in [0.3, 0.4) is 0 Å². The van der Waals surface area contributed by atoms with E-state index in [0.29, 0.717) is 23.7 Å². The third kappa shape index (κ3) is 3.38. The minimum Gasteiger partial charge on any atom is -0.497 e. The summed E-state index contributed by atoms with van der Waals surface area (Å²) in [6, 6.07) is 6.66. The van der Waals surface area contributed by atoms with Gasteiger partial charge in [0.15, 0.2) is 8.32 Å². The van der Waals surface area contributed by atoms with Crippen molar-refractivity contribution in [3.8, 4) is 5.75 Å². The Bertz CT molecular complexity index is 798. The van der Waals surface area contributed by atoms with Gasteiger partial charge < -0.3 is 14.3 Å². The lowest BCUT2D eigenvalue weighted by atomic mass is 9.52. The standard InChI is InChI=1S/C26H42O3Si/c1-16-13-17-14-18(28-6)9-10-19(17)20-11-12-26(5)22(15-21(27)24(26)23(16)20)29-30(7,8)25(2,3)4/h9-10,14,16,20-24,27H,11-13,15H2,1-8H3/t16-,20-,21-,22+,23-,24-,26-/m1/s1. The Labute approximate surface area is 184 Å². The number of aliphatic hydroxyl groups is 1. The van der Waals surface area contributed by atoms with Gasteiger partial charge in [-0.25, -0.2) is 0 Å². The molecule has 1 N–H and O–H groups in total. The zero-order valence-electron chi connectivity index (χ0n) is 20.3. The largest absolute Gasteiger partial charge is 0.497 e. The lowest BCUT2D eigenvalue weighted by molar-refractivity contribution is -0.0554. The number of benzene rings is 1. The third-order valence-electron chi connectivity index (χ3n) is 9.43. The van der Waals surface area contributed by atoms with Gasteiger partial charge >= 0.3 is 0 Å². The average molecular weight is 431 g/mol. The highest BCUT2D eigenvalue weighted by Gasteiger charge is 2.61. The van der Waals surface area contributed by atoms with E-state index in [1.807, 2.05) is 0 Å². The van der Waals surface area contributed by atoms with Crippen LogP contribution in [0.1, 0.15) is 70.9 Å². The fraction of sp³-hybridized carbons (Fsp3) is 0.769. The van der Waals surface area contributed by atoms with Crippen LogP contribution < -0.4 is 4.74 Å². The van der Waals surface area contributed by atoms with Crippen molar-refractivity contribution >= 4 is 8.32 Å². The number of hydrogen-bond acceptors (Lipinski definition) is 3. The monoisotopic (exact) mass is 430 g/mol. The summed E-state index contributed by atoms with van der Waals surface area (Å²) in [4.78, 5) is 0. The van der Waals surface area contributed by atoms with E-state index in [0.717, 1.165) is 25.0 Å². The van der Waals surface area contributed by atoms with E-state index >= 15 is 0 Å². The van der Waals surface area contributed by atoms with Crippen molar-refractivity contribution in [2.75, 3.05) is 7.11 Å². The molecule has 0 heterocycles. The Hall–Kier alpha value is -0.843. The maximum absolute atomic E-state index is 11.4. The van der Waals surface area contributed by atoms with Crippen molar-refractivity contribution in [3.63, 3.8) is 0 Å². The summed E-state index contributed by atoms with van der Waals surface area (Å²) in [6.45, 7) is 16.5. The first-order valence-electron chi connectivity index (χ1n) is 11.9. The Morgan fingerprint density at radius 3 is 2.53 bits per heavy atom. The topological polar surface area (TPSA) is 38.7 Å². The van der Waals surface area contributed by atoms with Crippen LogP contribution in [0.2, 0.25) is 18.1 Å². The Kier molecular flexibility index (Phi) is 5.48. The summed E-state index contributed by atoms with van der Waals surface area (Å²) in [5.74, 6) is 2.95. The van der Waals surface area contributed by atoms with Crippen molar-refractivity contribution in [2.24, 2.45) is 23.2 Å². The van der Waals surface area contributed by atoms with E-state index in [9.17, 15) is 5.11 Å². The zero-order valence-corrected chi connectivity index (χ0v) is 21.3. The predicted octanol–water partition coefficient (Wildman–Crippen LogP) is 6.16. The van der Waals surface area contributed by atoms with Crippen LogP contribution in [0.4, 0.5) is 0 Å². The number of hydrogen-bond donors (Lipinski definition) is 1. The molecule has 0 aromatic heterocycles. The lowest BCUT2D eigenvalue weighted by Crippen LogP contribution is -2.52. The maximum atomic E-state index is 11.4. The lowest BCUT2D eigenvalue weighted by Gasteiger charge is -2.54. The molecule has 3 nitrogen and oxygen atoms in total. The van der Waals surface area contributed by atoms with Gasteiger partial charge in [0.2, 0.25) is 0 Å². The van der Waals surface area contributed by atoms with Crippen molar-refractivity contribution in [2.45, 2.75) is 96.6 Å². The molecule has 4 rings (SSSR count). The molecular formula is C26H42O3Si. The molecule has 0 saturated heterocycles. The molecule has 3 aliphatic rings. The number of methoxy groups -OCH3 is 1. The first-order chi connectivity index (χ1) is 13.9. The van der Waals surface area contributed by atoms with Crippen LogP contribution >= 0.6 is 0 Å². The van der Waals surface area contributed by atoms with Crippen LogP contribution in [-0.4, -0.2) is 32.7 Å². The van der Waals surface area contributed by atoms with Gasteiger partial charge in [-0.2, -0.15) is 0 Å². The van der Waals surface area contributed by atoms with Gasteiger partial charge in [0, 0.05) is 0 Å². The van der Waals surface area contributed by atoms with Crippen molar-refractivity contribution in [1.29, 1.82) is 0 Å². The second-order valence-electron chi connectivity index (χ2n) is 12.2. The van der Waals surface area contributed by atoms with Gasteiger partial charge in [-0.1, -0.05) is 40.7 Å². The van der Waals surface area contributed by atoms with Gasteiger partial charge in [-0.15, -0.1) is 0 Å². The second kappa shape index (κ2) is 7.35. The zero-order chi connectivity index (χ0) is 22.1. The first-order valence-corrected chi connectivity index (χ1v) is 14.8. The van der Waals surface area contributed by atoms with Crippen LogP contribution in [0.5, 0.6) is 5.75 Å². The van der Waals surface area contributed by atoms with Crippen molar-refractivity contribution in [3.05, 3.63) is 29.3 Å². The van der Waals surface area contributed by atoms with Gasteiger partial charge in [-0.05, 0) is 96.2 Å². The second-order valence-corrected chi connectivity index (χ2v) is 16.9. The molecule has 4 heteroatoms. The van der Waals surface area contributed by atoms with E-state index in [-0.39, 0.29) is 22.7 Å². The van der Waals surface area contributed by atoms with Crippen LogP contribution in [0, 0.1) is 23.2 Å². The molecule has 1 aromatic rings. The summed E-state index contributed by atoms with van der Waals surface area (Å²) in [5.41, 5.74) is 3.03. The van der Waals surface area contributed by atoms with Gasteiger partial charge in [0.25, 0.3) is 0 Å². The van der Waals surface area contributed by atoms with E-state index in [1.165, 1.54) is 17.5 Å². The number of fused-ring (bicyclic) bond motifs is 5. The highest BCUT2D eigenvalue weighted by atomic mass is 28.4. The molecule has 0 aliphatic heterocycles. The van der Waals surface area contributed by atoms with Crippen LogP contribution in [0.15, 0.2) is 18.2 Å².